The van der Waals surface area contributed by atoms with Crippen LogP contribution in [-0.4, -0.2) is 98.4 Å². The summed E-state index contributed by atoms with van der Waals surface area (Å²) in [4.78, 5) is 51.7. The lowest BCUT2D eigenvalue weighted by Gasteiger charge is -2.35. The highest BCUT2D eigenvalue weighted by molar-refractivity contribution is 5.86. The molecule has 1 fully saturated rings. The normalized spacial score (nSPS) is 16.2. The maximum Gasteiger partial charge on any atom is 0.407 e. The molecule has 266 valence electrons. The third-order valence-electron chi connectivity index (χ3n) is 8.21. The molecule has 1 aliphatic rings. The van der Waals surface area contributed by atoms with Gasteiger partial charge in [-0.2, -0.15) is 0 Å². The Labute approximate surface area is 279 Å². The maximum atomic E-state index is 13.6. The zero-order chi connectivity index (χ0) is 34.8. The third kappa shape index (κ3) is 14.9. The van der Waals surface area contributed by atoms with Crippen molar-refractivity contribution < 1.29 is 38.5 Å². The van der Waals surface area contributed by atoms with Crippen molar-refractivity contribution in [3.05, 3.63) is 35.9 Å². The van der Waals surface area contributed by atoms with Crippen LogP contribution in [0.5, 0.6) is 0 Å². The van der Waals surface area contributed by atoms with Crippen LogP contribution in [0.1, 0.15) is 72.3 Å². The Morgan fingerprint density at radius 2 is 1.45 bits per heavy atom. The molecule has 0 aromatic heterocycles. The lowest BCUT2D eigenvalue weighted by Crippen LogP contribution is -2.60. The standard InChI is InChI=1S/C34H57N5O8/c1-7-46-33(43)36-29(23(2)3)31(41)35-27(20-25-14-10-8-11-15-25)28(40)22-39(21-26-16-12-9-13-17-26)38-32(42)30(24(4)5)37-34(44)47-19-18-45-6/h8,10-11,14-15,23-24,26-30,40H,7,9,12-13,16-22H2,1-6H3,(H,35,41)(H,36,43)(H,37,44)(H,38,42)/t27-,28+,29?,30?/m0/s1. The smallest absolute Gasteiger partial charge is 0.407 e. The average molecular weight is 664 g/mol. The molecule has 0 radical (unpaired) electrons. The Kier molecular flexibility index (Phi) is 18.1. The van der Waals surface area contributed by atoms with Crippen LogP contribution in [0.15, 0.2) is 30.3 Å². The van der Waals surface area contributed by atoms with Gasteiger partial charge < -0.3 is 35.3 Å². The van der Waals surface area contributed by atoms with Gasteiger partial charge in [-0.05, 0) is 49.5 Å². The van der Waals surface area contributed by atoms with E-state index in [1.807, 2.05) is 58.0 Å². The summed E-state index contributed by atoms with van der Waals surface area (Å²) in [7, 11) is 1.50. The molecule has 0 heterocycles. The molecule has 47 heavy (non-hydrogen) atoms. The van der Waals surface area contributed by atoms with Crippen molar-refractivity contribution >= 4 is 24.0 Å². The van der Waals surface area contributed by atoms with Crippen LogP contribution in [0.25, 0.3) is 0 Å². The van der Waals surface area contributed by atoms with E-state index in [0.29, 0.717) is 18.9 Å². The first-order chi connectivity index (χ1) is 22.4. The number of hydrazine groups is 1. The van der Waals surface area contributed by atoms with Crippen LogP contribution in [0.2, 0.25) is 0 Å². The Morgan fingerprint density at radius 1 is 0.851 bits per heavy atom. The van der Waals surface area contributed by atoms with E-state index in [2.05, 4.69) is 21.4 Å². The molecule has 0 bridgehead atoms. The van der Waals surface area contributed by atoms with E-state index in [-0.39, 0.29) is 38.2 Å². The molecule has 13 nitrogen and oxygen atoms in total. The van der Waals surface area contributed by atoms with Crippen molar-refractivity contribution in [3.8, 4) is 0 Å². The van der Waals surface area contributed by atoms with E-state index in [0.717, 1.165) is 37.7 Å². The number of nitrogens with zero attached hydrogens (tertiary/aromatic N) is 1. The summed E-state index contributed by atoms with van der Waals surface area (Å²) in [5.74, 6) is -1.09. The van der Waals surface area contributed by atoms with Crippen molar-refractivity contribution in [2.24, 2.45) is 17.8 Å². The summed E-state index contributed by atoms with van der Waals surface area (Å²) in [6, 6.07) is 6.94. The predicted octanol–water partition coefficient (Wildman–Crippen LogP) is 3.16. The fourth-order valence-electron chi connectivity index (χ4n) is 5.61. The van der Waals surface area contributed by atoms with Crippen molar-refractivity contribution in [2.75, 3.05) is 40.0 Å². The second kappa shape index (κ2) is 21.5. The van der Waals surface area contributed by atoms with Crippen LogP contribution in [-0.2, 0) is 30.2 Å². The fraction of sp³-hybridized carbons (Fsp3) is 0.706. The molecule has 4 amide bonds. The second-order valence-corrected chi connectivity index (χ2v) is 12.8. The van der Waals surface area contributed by atoms with E-state index >= 15 is 0 Å². The van der Waals surface area contributed by atoms with E-state index in [1.54, 1.807) is 11.9 Å². The number of benzene rings is 1. The monoisotopic (exact) mass is 663 g/mol. The van der Waals surface area contributed by atoms with Crippen molar-refractivity contribution in [1.29, 1.82) is 0 Å². The topological polar surface area (TPSA) is 168 Å². The van der Waals surface area contributed by atoms with Gasteiger partial charge in [-0.3, -0.25) is 15.0 Å². The number of ether oxygens (including phenoxy) is 3. The molecule has 0 spiro atoms. The Bertz CT molecular complexity index is 1080. The molecular formula is C34H57N5O8. The largest absolute Gasteiger partial charge is 0.450 e. The molecule has 0 aliphatic heterocycles. The van der Waals surface area contributed by atoms with Gasteiger partial charge in [0.05, 0.1) is 25.4 Å². The zero-order valence-corrected chi connectivity index (χ0v) is 29.0. The Balaban J connectivity index is 2.28. The minimum Gasteiger partial charge on any atom is -0.450 e. The SMILES string of the molecule is CCOC(=O)NC(C(=O)N[C@@H](Cc1ccccc1)[C@H](O)CN(CC1CCCCC1)NC(=O)C(NC(=O)OCCOC)C(C)C)C(C)C. The van der Waals surface area contributed by atoms with Crippen LogP contribution >= 0.6 is 0 Å². The quantitative estimate of drug-likeness (QED) is 0.110. The third-order valence-corrected chi connectivity index (χ3v) is 8.21. The fourth-order valence-corrected chi connectivity index (χ4v) is 5.61. The number of nitrogens with one attached hydrogen (secondary N) is 4. The number of alkyl carbamates (subject to hydrolysis) is 2. The van der Waals surface area contributed by atoms with Crippen LogP contribution in [0.3, 0.4) is 0 Å². The van der Waals surface area contributed by atoms with Gasteiger partial charge in [0.1, 0.15) is 18.7 Å². The molecule has 4 atom stereocenters. The molecule has 5 N–H and O–H groups in total. The van der Waals surface area contributed by atoms with Gasteiger partial charge in [-0.15, -0.1) is 0 Å². The van der Waals surface area contributed by atoms with Gasteiger partial charge in [-0.25, -0.2) is 14.6 Å². The molecule has 1 saturated carbocycles. The lowest BCUT2D eigenvalue weighted by molar-refractivity contribution is -0.131. The summed E-state index contributed by atoms with van der Waals surface area (Å²) in [5, 5.41) is 21.7. The molecular weight excluding hydrogens is 606 g/mol. The number of methoxy groups -OCH3 is 1. The number of hydrogen-bond donors (Lipinski definition) is 5. The first-order valence-corrected chi connectivity index (χ1v) is 16.9. The van der Waals surface area contributed by atoms with E-state index in [1.165, 1.54) is 7.11 Å². The van der Waals surface area contributed by atoms with Gasteiger partial charge in [0.15, 0.2) is 0 Å². The minimum atomic E-state index is -1.11. The summed E-state index contributed by atoms with van der Waals surface area (Å²) < 4.78 is 15.0. The van der Waals surface area contributed by atoms with Crippen LogP contribution < -0.4 is 21.4 Å². The van der Waals surface area contributed by atoms with Gasteiger partial charge in [-0.1, -0.05) is 77.3 Å². The van der Waals surface area contributed by atoms with Crippen molar-refractivity contribution in [3.63, 3.8) is 0 Å². The van der Waals surface area contributed by atoms with Crippen molar-refractivity contribution in [1.82, 2.24) is 26.4 Å². The highest BCUT2D eigenvalue weighted by atomic mass is 16.6. The van der Waals surface area contributed by atoms with E-state index in [4.69, 9.17) is 14.2 Å². The number of carbonyl (C=O) groups excluding carboxylic acids is 4. The van der Waals surface area contributed by atoms with Crippen LogP contribution in [0.4, 0.5) is 9.59 Å². The van der Waals surface area contributed by atoms with Gasteiger partial charge in [0.25, 0.3) is 5.91 Å². The number of rotatable bonds is 19. The van der Waals surface area contributed by atoms with Gasteiger partial charge in [0.2, 0.25) is 5.91 Å². The molecule has 1 aliphatic carbocycles. The Morgan fingerprint density at radius 3 is 2.02 bits per heavy atom. The average Bonchev–Trinajstić information content (AvgIpc) is 3.03. The van der Waals surface area contributed by atoms with Crippen molar-refractivity contribution in [2.45, 2.75) is 97.4 Å². The molecule has 1 aromatic rings. The molecule has 0 saturated heterocycles. The van der Waals surface area contributed by atoms with E-state index < -0.39 is 48.2 Å². The molecule has 1 aromatic carbocycles. The van der Waals surface area contributed by atoms with Gasteiger partial charge in [0, 0.05) is 20.2 Å². The maximum absolute atomic E-state index is 13.6. The second-order valence-electron chi connectivity index (χ2n) is 12.8. The summed E-state index contributed by atoms with van der Waals surface area (Å²) in [6.45, 7) is 9.91. The lowest BCUT2D eigenvalue weighted by atomic mass is 9.89. The number of aliphatic hydroxyl groups excluding tert-OH is 1. The highest BCUT2D eigenvalue weighted by Crippen LogP contribution is 2.24. The highest BCUT2D eigenvalue weighted by Gasteiger charge is 2.33. The predicted molar refractivity (Wildman–Crippen MR) is 178 cm³/mol. The summed E-state index contributed by atoms with van der Waals surface area (Å²) in [6.07, 6.45) is 3.13. The number of carbonyl (C=O) groups is 4. The number of amides is 4. The van der Waals surface area contributed by atoms with Gasteiger partial charge >= 0.3 is 12.2 Å². The molecule has 2 rings (SSSR count). The number of aliphatic hydroxyl groups is 1. The summed E-state index contributed by atoms with van der Waals surface area (Å²) in [5.41, 5.74) is 3.85. The van der Waals surface area contributed by atoms with E-state index in [9.17, 15) is 24.3 Å². The zero-order valence-electron chi connectivity index (χ0n) is 29.0. The Hall–Kier alpha value is -3.42. The van der Waals surface area contributed by atoms with Crippen LogP contribution in [0, 0.1) is 17.8 Å². The summed E-state index contributed by atoms with van der Waals surface area (Å²) >= 11 is 0. The molecule has 2 unspecified atom stereocenters. The first kappa shape index (κ1) is 39.8. The number of hydrogen-bond acceptors (Lipinski definition) is 9. The first-order valence-electron chi connectivity index (χ1n) is 16.9. The molecule has 13 heteroatoms. The minimum absolute atomic E-state index is 0.0147.